The number of nitrogens with zero attached hydrogens (tertiary/aromatic N) is 1. The Bertz CT molecular complexity index is 508. The van der Waals surface area contributed by atoms with Gasteiger partial charge in [0.1, 0.15) is 11.8 Å². The van der Waals surface area contributed by atoms with Gasteiger partial charge in [0.2, 0.25) is 0 Å². The molecule has 0 heterocycles. The molecule has 0 unspecified atom stereocenters. The van der Waals surface area contributed by atoms with E-state index >= 15 is 0 Å². The van der Waals surface area contributed by atoms with Crippen molar-refractivity contribution in [2.24, 2.45) is 5.92 Å². The van der Waals surface area contributed by atoms with E-state index in [9.17, 15) is 9.90 Å². The number of benzene rings is 1. The second-order valence-corrected chi connectivity index (χ2v) is 4.35. The van der Waals surface area contributed by atoms with E-state index in [-0.39, 0.29) is 17.3 Å². The highest BCUT2D eigenvalue weighted by atomic mass is 16.3. The van der Waals surface area contributed by atoms with Gasteiger partial charge in [-0.3, -0.25) is 4.79 Å². The zero-order valence-corrected chi connectivity index (χ0v) is 10.7. The Balaban J connectivity index is 2.92. The summed E-state index contributed by atoms with van der Waals surface area (Å²) in [4.78, 5) is 11.8. The standard InChI is InChI=1S/C14H16N2O2/c1-9(2)13(17)12(8-15)14(18)16-11-6-4-10(3)5-7-11/h4-7,9,17H,1-3H3,(H,16,18)/b13-12-. The third-order valence-corrected chi connectivity index (χ3v) is 2.45. The topological polar surface area (TPSA) is 73.1 Å². The summed E-state index contributed by atoms with van der Waals surface area (Å²) in [6.07, 6.45) is 0. The Kier molecular flexibility index (Phi) is 4.50. The molecule has 0 aliphatic heterocycles. The summed E-state index contributed by atoms with van der Waals surface area (Å²) in [5.41, 5.74) is 1.43. The predicted octanol–water partition coefficient (Wildman–Crippen LogP) is 2.93. The van der Waals surface area contributed by atoms with Gasteiger partial charge in [-0.15, -0.1) is 0 Å². The highest BCUT2D eigenvalue weighted by Gasteiger charge is 2.17. The lowest BCUT2D eigenvalue weighted by Crippen LogP contribution is -2.16. The number of hydrogen-bond donors (Lipinski definition) is 2. The molecule has 0 radical (unpaired) electrons. The summed E-state index contributed by atoms with van der Waals surface area (Å²) in [5.74, 6) is -1.04. The molecule has 1 amide bonds. The van der Waals surface area contributed by atoms with E-state index in [1.54, 1.807) is 32.0 Å². The van der Waals surface area contributed by atoms with Crippen molar-refractivity contribution in [1.29, 1.82) is 5.26 Å². The summed E-state index contributed by atoms with van der Waals surface area (Å²) in [7, 11) is 0. The molecule has 94 valence electrons. The van der Waals surface area contributed by atoms with Gasteiger partial charge >= 0.3 is 0 Å². The first-order valence-corrected chi connectivity index (χ1v) is 5.67. The Morgan fingerprint density at radius 2 is 1.89 bits per heavy atom. The van der Waals surface area contributed by atoms with Gasteiger partial charge < -0.3 is 10.4 Å². The number of allylic oxidation sites excluding steroid dienone is 1. The van der Waals surface area contributed by atoms with Crippen molar-refractivity contribution in [3.63, 3.8) is 0 Å². The molecule has 0 aliphatic carbocycles. The van der Waals surface area contributed by atoms with Gasteiger partial charge in [-0.25, -0.2) is 0 Å². The number of aliphatic hydroxyl groups is 1. The third kappa shape index (κ3) is 3.36. The SMILES string of the molecule is Cc1ccc(NC(=O)/C(C#N)=C(\O)C(C)C)cc1. The smallest absolute Gasteiger partial charge is 0.269 e. The average Bonchev–Trinajstić information content (AvgIpc) is 2.32. The number of amides is 1. The van der Waals surface area contributed by atoms with Gasteiger partial charge in [0.05, 0.1) is 0 Å². The second-order valence-electron chi connectivity index (χ2n) is 4.35. The molecule has 0 aliphatic rings. The largest absolute Gasteiger partial charge is 0.510 e. The van der Waals surface area contributed by atoms with Gasteiger partial charge in [-0.2, -0.15) is 5.26 Å². The summed E-state index contributed by atoms with van der Waals surface area (Å²) >= 11 is 0. The molecule has 4 heteroatoms. The maximum atomic E-state index is 11.8. The molecule has 0 atom stereocenters. The molecule has 1 rings (SSSR count). The molecule has 4 nitrogen and oxygen atoms in total. The molecule has 0 spiro atoms. The minimum atomic E-state index is -0.590. The Hall–Kier alpha value is -2.28. The monoisotopic (exact) mass is 244 g/mol. The van der Waals surface area contributed by atoms with E-state index in [1.807, 2.05) is 19.1 Å². The van der Waals surface area contributed by atoms with Gasteiger partial charge in [-0.1, -0.05) is 31.5 Å². The quantitative estimate of drug-likeness (QED) is 0.487. The highest BCUT2D eigenvalue weighted by Crippen LogP contribution is 2.14. The van der Waals surface area contributed by atoms with Gasteiger partial charge in [0, 0.05) is 11.6 Å². The number of rotatable bonds is 3. The zero-order valence-electron chi connectivity index (χ0n) is 10.7. The summed E-state index contributed by atoms with van der Waals surface area (Å²) < 4.78 is 0. The van der Waals surface area contributed by atoms with Gasteiger partial charge in [0.25, 0.3) is 5.91 Å². The Morgan fingerprint density at radius 1 is 1.33 bits per heavy atom. The van der Waals surface area contributed by atoms with Crippen molar-refractivity contribution in [1.82, 2.24) is 0 Å². The van der Waals surface area contributed by atoms with E-state index in [4.69, 9.17) is 5.26 Å². The molecule has 2 N–H and O–H groups in total. The molecular formula is C14H16N2O2. The van der Waals surface area contributed by atoms with Crippen LogP contribution in [0.5, 0.6) is 0 Å². The molecule has 0 aromatic heterocycles. The first-order valence-electron chi connectivity index (χ1n) is 5.67. The second kappa shape index (κ2) is 5.87. The number of nitrogens with one attached hydrogen (secondary N) is 1. The summed E-state index contributed by atoms with van der Waals surface area (Å²) in [6, 6.07) is 8.93. The average molecular weight is 244 g/mol. The summed E-state index contributed by atoms with van der Waals surface area (Å²) in [6.45, 7) is 5.37. The first kappa shape index (κ1) is 13.8. The van der Waals surface area contributed by atoms with Crippen molar-refractivity contribution in [2.75, 3.05) is 5.32 Å². The van der Waals surface area contributed by atoms with E-state index in [0.717, 1.165) is 5.56 Å². The highest BCUT2D eigenvalue weighted by molar-refractivity contribution is 6.06. The number of anilines is 1. The third-order valence-electron chi connectivity index (χ3n) is 2.45. The first-order chi connectivity index (χ1) is 8.45. The minimum absolute atomic E-state index is 0.192. The fraction of sp³-hybridized carbons (Fsp3) is 0.286. The van der Waals surface area contributed by atoms with Crippen molar-refractivity contribution >= 4 is 11.6 Å². The normalized spacial score (nSPS) is 11.7. The molecule has 18 heavy (non-hydrogen) atoms. The minimum Gasteiger partial charge on any atom is -0.510 e. The molecule has 0 saturated heterocycles. The van der Waals surface area contributed by atoms with E-state index in [2.05, 4.69) is 5.32 Å². The number of nitriles is 1. The van der Waals surface area contributed by atoms with Crippen molar-refractivity contribution < 1.29 is 9.90 Å². The van der Waals surface area contributed by atoms with Crippen LogP contribution in [-0.4, -0.2) is 11.0 Å². The molecule has 1 aromatic rings. The lowest BCUT2D eigenvalue weighted by molar-refractivity contribution is -0.112. The molecule has 1 aromatic carbocycles. The number of hydrogen-bond acceptors (Lipinski definition) is 3. The lowest BCUT2D eigenvalue weighted by Gasteiger charge is -2.08. The molecular weight excluding hydrogens is 228 g/mol. The number of aliphatic hydroxyl groups excluding tert-OH is 1. The number of carbonyl (C=O) groups excluding carboxylic acids is 1. The molecule has 0 fully saturated rings. The predicted molar refractivity (Wildman–Crippen MR) is 69.9 cm³/mol. The van der Waals surface area contributed by atoms with Crippen LogP contribution in [0, 0.1) is 24.2 Å². The maximum absolute atomic E-state index is 11.8. The molecule has 0 saturated carbocycles. The van der Waals surface area contributed by atoms with E-state index in [0.29, 0.717) is 5.69 Å². The van der Waals surface area contributed by atoms with Crippen LogP contribution in [0.1, 0.15) is 19.4 Å². The van der Waals surface area contributed by atoms with Gasteiger partial charge in [0.15, 0.2) is 5.57 Å². The van der Waals surface area contributed by atoms with Crippen LogP contribution in [0.4, 0.5) is 5.69 Å². The number of aryl methyl sites for hydroxylation is 1. The van der Waals surface area contributed by atoms with Crippen LogP contribution in [0.2, 0.25) is 0 Å². The van der Waals surface area contributed by atoms with Crippen LogP contribution < -0.4 is 5.32 Å². The van der Waals surface area contributed by atoms with Crippen LogP contribution in [0.15, 0.2) is 35.6 Å². The fourth-order valence-electron chi connectivity index (χ4n) is 1.34. The zero-order chi connectivity index (χ0) is 13.7. The fourth-order valence-corrected chi connectivity index (χ4v) is 1.34. The maximum Gasteiger partial charge on any atom is 0.269 e. The Labute approximate surface area is 107 Å². The van der Waals surface area contributed by atoms with Crippen LogP contribution in [-0.2, 0) is 4.79 Å². The van der Waals surface area contributed by atoms with E-state index in [1.165, 1.54) is 0 Å². The van der Waals surface area contributed by atoms with Crippen LogP contribution in [0.3, 0.4) is 0 Å². The van der Waals surface area contributed by atoms with E-state index < -0.39 is 5.91 Å². The summed E-state index contributed by atoms with van der Waals surface area (Å²) in [5, 5.41) is 21.2. The lowest BCUT2D eigenvalue weighted by atomic mass is 10.1. The van der Waals surface area contributed by atoms with Crippen LogP contribution >= 0.6 is 0 Å². The van der Waals surface area contributed by atoms with Crippen molar-refractivity contribution in [3.8, 4) is 6.07 Å². The van der Waals surface area contributed by atoms with Gasteiger partial charge in [-0.05, 0) is 19.1 Å². The Morgan fingerprint density at radius 3 is 2.33 bits per heavy atom. The van der Waals surface area contributed by atoms with Crippen LogP contribution in [0.25, 0.3) is 0 Å². The van der Waals surface area contributed by atoms with Crippen molar-refractivity contribution in [3.05, 3.63) is 41.2 Å². The number of carbonyl (C=O) groups is 1. The molecule has 0 bridgehead atoms. The van der Waals surface area contributed by atoms with Crippen molar-refractivity contribution in [2.45, 2.75) is 20.8 Å².